The van der Waals surface area contributed by atoms with Crippen LogP contribution in [0.2, 0.25) is 0 Å². The van der Waals surface area contributed by atoms with Crippen LogP contribution >= 0.6 is 0 Å². The zero-order valence-corrected chi connectivity index (χ0v) is 10.3. The van der Waals surface area contributed by atoms with Crippen LogP contribution in [0.3, 0.4) is 0 Å². The Labute approximate surface area is 111 Å². The minimum absolute atomic E-state index is 0.112. The maximum atomic E-state index is 8.56. The van der Waals surface area contributed by atoms with Gasteiger partial charge in [0.25, 0.3) is 0 Å². The first kappa shape index (κ1) is 13.0. The molecule has 0 saturated heterocycles. The third kappa shape index (κ3) is 3.75. The minimum Gasteiger partial charge on any atom is -0.409 e. The van der Waals surface area contributed by atoms with E-state index in [0.717, 1.165) is 17.8 Å². The quantitative estimate of drug-likeness (QED) is 0.319. The Bertz CT molecular complexity index is 539. The van der Waals surface area contributed by atoms with E-state index in [-0.39, 0.29) is 5.84 Å². The smallest absolute Gasteiger partial charge is 0.170 e. The highest BCUT2D eigenvalue weighted by Gasteiger charge is 1.99. The average Bonchev–Trinajstić information content (AvgIpc) is 2.48. The molecule has 0 unspecified atom stereocenters. The Hall–Kier alpha value is -2.47. The minimum atomic E-state index is 0.112. The zero-order chi connectivity index (χ0) is 13.5. The Morgan fingerprint density at radius 1 is 1.21 bits per heavy atom. The first-order valence-corrected chi connectivity index (χ1v) is 5.82. The zero-order valence-electron chi connectivity index (χ0n) is 10.3. The van der Waals surface area contributed by atoms with E-state index in [4.69, 9.17) is 10.9 Å². The van der Waals surface area contributed by atoms with Gasteiger partial charge in [0.15, 0.2) is 5.84 Å². The SMILES string of the molecule is N/C(=N/O)c1ccc(CNCc2ccncn2)cc1. The summed E-state index contributed by atoms with van der Waals surface area (Å²) < 4.78 is 0. The van der Waals surface area contributed by atoms with Gasteiger partial charge < -0.3 is 16.3 Å². The van der Waals surface area contributed by atoms with Gasteiger partial charge in [0.05, 0.1) is 5.69 Å². The fraction of sp³-hybridized carbons (Fsp3) is 0.154. The summed E-state index contributed by atoms with van der Waals surface area (Å²) in [4.78, 5) is 7.99. The molecule has 0 saturated carbocycles. The van der Waals surface area contributed by atoms with Crippen LogP contribution in [0.25, 0.3) is 0 Å². The van der Waals surface area contributed by atoms with E-state index in [1.807, 2.05) is 30.3 Å². The number of nitrogens with two attached hydrogens (primary N) is 1. The summed E-state index contributed by atoms with van der Waals surface area (Å²) in [7, 11) is 0. The van der Waals surface area contributed by atoms with Crippen LogP contribution in [0, 0.1) is 0 Å². The molecule has 0 aliphatic heterocycles. The molecule has 0 radical (unpaired) electrons. The summed E-state index contributed by atoms with van der Waals surface area (Å²) in [6.07, 6.45) is 3.25. The number of rotatable bonds is 5. The van der Waals surface area contributed by atoms with E-state index in [2.05, 4.69) is 20.4 Å². The van der Waals surface area contributed by atoms with Gasteiger partial charge in [-0.2, -0.15) is 0 Å². The molecule has 1 heterocycles. The molecule has 0 fully saturated rings. The van der Waals surface area contributed by atoms with Crippen LogP contribution in [0.15, 0.2) is 48.0 Å². The van der Waals surface area contributed by atoms with Crippen LogP contribution < -0.4 is 11.1 Å². The molecule has 2 rings (SSSR count). The molecule has 0 amide bonds. The number of nitrogens with one attached hydrogen (secondary N) is 1. The molecule has 1 aromatic carbocycles. The van der Waals surface area contributed by atoms with Gasteiger partial charge in [0, 0.05) is 24.8 Å². The molecule has 0 aliphatic rings. The summed E-state index contributed by atoms with van der Waals surface area (Å²) in [6.45, 7) is 1.41. The van der Waals surface area contributed by atoms with Crippen molar-refractivity contribution in [3.8, 4) is 0 Å². The first-order chi connectivity index (χ1) is 9.29. The second-order valence-corrected chi connectivity index (χ2v) is 3.99. The highest BCUT2D eigenvalue weighted by atomic mass is 16.4. The number of benzene rings is 1. The average molecular weight is 257 g/mol. The second-order valence-electron chi connectivity index (χ2n) is 3.99. The third-order valence-electron chi connectivity index (χ3n) is 2.64. The normalized spacial score (nSPS) is 11.5. The lowest BCUT2D eigenvalue weighted by molar-refractivity contribution is 0.318. The van der Waals surface area contributed by atoms with Crippen molar-refractivity contribution < 1.29 is 5.21 Å². The standard InChI is InChI=1S/C13H15N5O/c14-13(18-19)11-3-1-10(2-4-11)7-16-8-12-5-6-15-9-17-12/h1-6,9,16,19H,7-8H2,(H2,14,18). The molecule has 6 heteroatoms. The van der Waals surface area contributed by atoms with E-state index >= 15 is 0 Å². The predicted octanol–water partition coefficient (Wildman–Crippen LogP) is 0.861. The first-order valence-electron chi connectivity index (χ1n) is 5.82. The summed E-state index contributed by atoms with van der Waals surface area (Å²) >= 11 is 0. The molecule has 0 bridgehead atoms. The molecule has 1 aromatic heterocycles. The molecule has 19 heavy (non-hydrogen) atoms. The Kier molecular flexibility index (Phi) is 4.41. The van der Waals surface area contributed by atoms with Gasteiger partial charge in [-0.3, -0.25) is 0 Å². The number of aromatic nitrogens is 2. The van der Waals surface area contributed by atoms with E-state index in [1.54, 1.807) is 6.20 Å². The molecule has 98 valence electrons. The lowest BCUT2D eigenvalue weighted by atomic mass is 10.1. The van der Waals surface area contributed by atoms with Crippen molar-refractivity contribution in [2.45, 2.75) is 13.1 Å². The van der Waals surface area contributed by atoms with Crippen LogP contribution in [-0.2, 0) is 13.1 Å². The van der Waals surface area contributed by atoms with Crippen molar-refractivity contribution in [1.29, 1.82) is 0 Å². The van der Waals surface area contributed by atoms with E-state index in [9.17, 15) is 0 Å². The van der Waals surface area contributed by atoms with Crippen molar-refractivity contribution in [1.82, 2.24) is 15.3 Å². The molecule has 2 aromatic rings. The monoisotopic (exact) mass is 257 g/mol. The number of hydrogen-bond donors (Lipinski definition) is 3. The van der Waals surface area contributed by atoms with Crippen molar-refractivity contribution in [2.75, 3.05) is 0 Å². The lowest BCUT2D eigenvalue weighted by Crippen LogP contribution is -2.15. The molecule has 6 nitrogen and oxygen atoms in total. The van der Waals surface area contributed by atoms with Gasteiger partial charge in [-0.05, 0) is 11.6 Å². The molecule has 0 aliphatic carbocycles. The lowest BCUT2D eigenvalue weighted by Gasteiger charge is -2.05. The maximum Gasteiger partial charge on any atom is 0.170 e. The fourth-order valence-corrected chi connectivity index (χ4v) is 1.61. The van der Waals surface area contributed by atoms with Crippen LogP contribution in [-0.4, -0.2) is 21.0 Å². The van der Waals surface area contributed by atoms with Crippen molar-refractivity contribution >= 4 is 5.84 Å². The topological polar surface area (TPSA) is 96.4 Å². The summed E-state index contributed by atoms with van der Waals surface area (Å²) in [5.74, 6) is 0.112. The van der Waals surface area contributed by atoms with Crippen LogP contribution in [0.5, 0.6) is 0 Å². The molecular formula is C13H15N5O. The third-order valence-corrected chi connectivity index (χ3v) is 2.64. The van der Waals surface area contributed by atoms with E-state index in [0.29, 0.717) is 12.1 Å². The van der Waals surface area contributed by atoms with E-state index < -0.39 is 0 Å². The van der Waals surface area contributed by atoms with Gasteiger partial charge in [0.2, 0.25) is 0 Å². The fourth-order valence-electron chi connectivity index (χ4n) is 1.61. The Balaban J connectivity index is 1.87. The molecular weight excluding hydrogens is 242 g/mol. The number of oxime groups is 1. The summed E-state index contributed by atoms with van der Waals surface area (Å²) in [5, 5.41) is 14.8. The van der Waals surface area contributed by atoms with Gasteiger partial charge >= 0.3 is 0 Å². The highest BCUT2D eigenvalue weighted by molar-refractivity contribution is 5.96. The Morgan fingerprint density at radius 3 is 2.63 bits per heavy atom. The van der Waals surface area contributed by atoms with Gasteiger partial charge in [-0.1, -0.05) is 29.4 Å². The van der Waals surface area contributed by atoms with Crippen molar-refractivity contribution in [2.24, 2.45) is 10.9 Å². The van der Waals surface area contributed by atoms with Crippen molar-refractivity contribution in [3.63, 3.8) is 0 Å². The van der Waals surface area contributed by atoms with Crippen LogP contribution in [0.1, 0.15) is 16.8 Å². The highest BCUT2D eigenvalue weighted by Crippen LogP contribution is 2.04. The second kappa shape index (κ2) is 6.46. The van der Waals surface area contributed by atoms with Gasteiger partial charge in [0.1, 0.15) is 6.33 Å². The summed E-state index contributed by atoms with van der Waals surface area (Å²) in [5.41, 5.74) is 8.25. The van der Waals surface area contributed by atoms with Gasteiger partial charge in [-0.15, -0.1) is 0 Å². The molecule has 4 N–H and O–H groups in total. The number of amidine groups is 1. The molecule has 0 atom stereocenters. The molecule has 0 spiro atoms. The predicted molar refractivity (Wildman–Crippen MR) is 71.5 cm³/mol. The summed E-state index contributed by atoms with van der Waals surface area (Å²) in [6, 6.07) is 9.36. The number of hydrogen-bond acceptors (Lipinski definition) is 5. The van der Waals surface area contributed by atoms with E-state index in [1.165, 1.54) is 6.33 Å². The Morgan fingerprint density at radius 2 is 2.00 bits per heavy atom. The largest absolute Gasteiger partial charge is 0.409 e. The maximum absolute atomic E-state index is 8.56. The van der Waals surface area contributed by atoms with Crippen molar-refractivity contribution in [3.05, 3.63) is 59.7 Å². The van der Waals surface area contributed by atoms with Crippen LogP contribution in [0.4, 0.5) is 0 Å². The number of nitrogens with zero attached hydrogens (tertiary/aromatic N) is 3. The van der Waals surface area contributed by atoms with Gasteiger partial charge in [-0.25, -0.2) is 9.97 Å².